The molecule has 1 heterocycles. The van der Waals surface area contributed by atoms with Gasteiger partial charge < -0.3 is 9.84 Å². The number of aromatic nitrogens is 2. The van der Waals surface area contributed by atoms with Gasteiger partial charge in [-0.2, -0.15) is 5.10 Å². The van der Waals surface area contributed by atoms with Gasteiger partial charge in [-0.1, -0.05) is 18.2 Å². The van der Waals surface area contributed by atoms with Crippen molar-refractivity contribution >= 4 is 23.1 Å². The zero-order valence-electron chi connectivity index (χ0n) is 14.6. The average molecular weight is 352 g/mol. The smallest absolute Gasteiger partial charge is 0.262 e. The number of nitrogens with zero attached hydrogens (tertiary/aromatic N) is 3. The first kappa shape index (κ1) is 17.5. The summed E-state index contributed by atoms with van der Waals surface area (Å²) in [5.41, 5.74) is 3.76. The normalized spacial score (nSPS) is 11.2. The molecule has 0 aliphatic carbocycles. The van der Waals surface area contributed by atoms with E-state index in [0.29, 0.717) is 41.3 Å². The number of phenols is 1. The van der Waals surface area contributed by atoms with Crippen LogP contribution in [0.5, 0.6) is 11.5 Å². The summed E-state index contributed by atoms with van der Waals surface area (Å²) in [4.78, 5) is 17.0. The molecule has 0 unspecified atom stereocenters. The molecular formula is C19H20N4O3. The minimum absolute atomic E-state index is 0.0132. The van der Waals surface area contributed by atoms with Crippen LogP contribution < -0.4 is 15.7 Å². The van der Waals surface area contributed by atoms with Crippen molar-refractivity contribution in [3.8, 4) is 11.5 Å². The van der Waals surface area contributed by atoms with Crippen LogP contribution in [-0.2, 0) is 6.54 Å². The third-order valence-electron chi connectivity index (χ3n) is 3.88. The fraction of sp³-hybridized carbons (Fsp3) is 0.211. The Morgan fingerprint density at radius 2 is 2.04 bits per heavy atom. The average Bonchev–Trinajstić information content (AvgIpc) is 2.65. The maximum Gasteiger partial charge on any atom is 0.262 e. The van der Waals surface area contributed by atoms with E-state index in [1.54, 1.807) is 30.3 Å². The number of hydrazone groups is 1. The van der Waals surface area contributed by atoms with Gasteiger partial charge in [-0.05, 0) is 38.1 Å². The first-order valence-corrected chi connectivity index (χ1v) is 8.39. The molecule has 0 aliphatic heterocycles. The van der Waals surface area contributed by atoms with Crippen molar-refractivity contribution in [3.63, 3.8) is 0 Å². The predicted octanol–water partition coefficient (Wildman–Crippen LogP) is 2.97. The second kappa shape index (κ2) is 7.69. The molecule has 0 saturated carbocycles. The van der Waals surface area contributed by atoms with Crippen molar-refractivity contribution in [3.05, 3.63) is 58.4 Å². The molecule has 2 aromatic carbocycles. The van der Waals surface area contributed by atoms with E-state index in [1.165, 1.54) is 10.8 Å². The Morgan fingerprint density at radius 1 is 1.23 bits per heavy atom. The topological polar surface area (TPSA) is 88.7 Å². The second-order valence-corrected chi connectivity index (χ2v) is 5.50. The minimum atomic E-state index is -0.128. The van der Waals surface area contributed by atoms with Crippen molar-refractivity contribution in [1.29, 1.82) is 0 Å². The second-order valence-electron chi connectivity index (χ2n) is 5.50. The standard InChI is InChI=1S/C19H20N4O3/c1-3-23-18(25)14-9-5-6-10-15(14)21-19(23)22-20-12-13-8-7-11-16(17(13)24)26-4-2/h5-12,24H,3-4H2,1-2H3,(H,21,22)/b20-12+. The summed E-state index contributed by atoms with van der Waals surface area (Å²) in [6.07, 6.45) is 1.46. The highest BCUT2D eigenvalue weighted by Crippen LogP contribution is 2.28. The molecule has 0 spiro atoms. The summed E-state index contributed by atoms with van der Waals surface area (Å²) in [5, 5.41) is 14.9. The Balaban J connectivity index is 1.92. The molecule has 2 N–H and O–H groups in total. The zero-order valence-corrected chi connectivity index (χ0v) is 14.6. The van der Waals surface area contributed by atoms with Gasteiger partial charge in [0.1, 0.15) is 0 Å². The van der Waals surface area contributed by atoms with Gasteiger partial charge in [0.15, 0.2) is 11.5 Å². The Morgan fingerprint density at radius 3 is 2.81 bits per heavy atom. The Hall–Kier alpha value is -3.35. The lowest BCUT2D eigenvalue weighted by molar-refractivity contribution is 0.318. The number of nitrogens with one attached hydrogen (secondary N) is 1. The molecule has 134 valence electrons. The van der Waals surface area contributed by atoms with E-state index in [9.17, 15) is 9.90 Å². The number of para-hydroxylation sites is 2. The van der Waals surface area contributed by atoms with Crippen molar-refractivity contribution < 1.29 is 9.84 Å². The van der Waals surface area contributed by atoms with E-state index in [2.05, 4.69) is 15.5 Å². The maximum absolute atomic E-state index is 12.6. The Labute approximate surface area is 150 Å². The van der Waals surface area contributed by atoms with Gasteiger partial charge in [0, 0.05) is 12.1 Å². The molecule has 0 amide bonds. The fourth-order valence-electron chi connectivity index (χ4n) is 2.62. The summed E-state index contributed by atoms with van der Waals surface area (Å²) in [5.74, 6) is 0.748. The molecule has 3 aromatic rings. The molecule has 0 saturated heterocycles. The van der Waals surface area contributed by atoms with Gasteiger partial charge >= 0.3 is 0 Å². The van der Waals surface area contributed by atoms with E-state index < -0.39 is 0 Å². The highest BCUT2D eigenvalue weighted by Gasteiger charge is 2.09. The van der Waals surface area contributed by atoms with Crippen molar-refractivity contribution in [2.45, 2.75) is 20.4 Å². The summed E-state index contributed by atoms with van der Waals surface area (Å²) in [6.45, 7) is 4.62. The largest absolute Gasteiger partial charge is 0.504 e. The van der Waals surface area contributed by atoms with Gasteiger partial charge in [-0.25, -0.2) is 10.4 Å². The molecule has 0 aliphatic rings. The lowest BCUT2D eigenvalue weighted by atomic mass is 10.2. The molecule has 0 fully saturated rings. The maximum atomic E-state index is 12.6. The van der Waals surface area contributed by atoms with E-state index in [1.807, 2.05) is 26.0 Å². The van der Waals surface area contributed by atoms with Gasteiger partial charge in [0.25, 0.3) is 5.56 Å². The van der Waals surface area contributed by atoms with Gasteiger partial charge in [-0.3, -0.25) is 9.36 Å². The van der Waals surface area contributed by atoms with E-state index in [4.69, 9.17) is 4.74 Å². The molecular weight excluding hydrogens is 332 g/mol. The highest BCUT2D eigenvalue weighted by atomic mass is 16.5. The van der Waals surface area contributed by atoms with Crippen LogP contribution in [0.25, 0.3) is 10.9 Å². The monoisotopic (exact) mass is 352 g/mol. The van der Waals surface area contributed by atoms with Crippen LogP contribution in [0.15, 0.2) is 52.4 Å². The van der Waals surface area contributed by atoms with E-state index >= 15 is 0 Å². The number of phenolic OH excluding ortho intramolecular Hbond substituents is 1. The number of ether oxygens (including phenoxy) is 1. The third kappa shape index (κ3) is 3.37. The summed E-state index contributed by atoms with van der Waals surface area (Å²) >= 11 is 0. The van der Waals surface area contributed by atoms with E-state index in [0.717, 1.165) is 0 Å². The van der Waals surface area contributed by atoms with Crippen LogP contribution in [0, 0.1) is 0 Å². The highest BCUT2D eigenvalue weighted by molar-refractivity contribution is 5.85. The van der Waals surface area contributed by atoms with Crippen molar-refractivity contribution in [2.24, 2.45) is 5.10 Å². The number of benzene rings is 2. The van der Waals surface area contributed by atoms with Crippen LogP contribution >= 0.6 is 0 Å². The predicted molar refractivity (Wildman–Crippen MR) is 102 cm³/mol. The molecule has 0 radical (unpaired) electrons. The molecule has 0 bridgehead atoms. The zero-order chi connectivity index (χ0) is 18.5. The van der Waals surface area contributed by atoms with Crippen LogP contribution in [0.3, 0.4) is 0 Å². The van der Waals surface area contributed by atoms with Crippen LogP contribution in [0.2, 0.25) is 0 Å². The summed E-state index contributed by atoms with van der Waals surface area (Å²) in [6, 6.07) is 12.3. The van der Waals surface area contributed by atoms with Crippen LogP contribution in [-0.4, -0.2) is 27.5 Å². The van der Waals surface area contributed by atoms with E-state index in [-0.39, 0.29) is 11.3 Å². The molecule has 7 heteroatoms. The third-order valence-corrected chi connectivity index (χ3v) is 3.88. The summed E-state index contributed by atoms with van der Waals surface area (Å²) < 4.78 is 6.86. The lowest BCUT2D eigenvalue weighted by Gasteiger charge is -2.10. The first-order valence-electron chi connectivity index (χ1n) is 8.39. The van der Waals surface area contributed by atoms with Gasteiger partial charge in [0.05, 0.1) is 23.7 Å². The first-order chi connectivity index (χ1) is 12.7. The Bertz CT molecular complexity index is 1010. The van der Waals surface area contributed by atoms with Crippen LogP contribution in [0.4, 0.5) is 5.95 Å². The molecule has 3 rings (SSSR count). The lowest BCUT2D eigenvalue weighted by Crippen LogP contribution is -2.23. The molecule has 0 atom stereocenters. The Kier molecular flexibility index (Phi) is 5.17. The SMILES string of the molecule is CCOc1cccc(/C=N/Nc2nc3ccccc3c(=O)n2CC)c1O. The van der Waals surface area contributed by atoms with Gasteiger partial charge in [-0.15, -0.1) is 0 Å². The van der Waals surface area contributed by atoms with Crippen LogP contribution in [0.1, 0.15) is 19.4 Å². The number of hydrogen-bond acceptors (Lipinski definition) is 6. The molecule has 1 aromatic heterocycles. The molecule has 7 nitrogen and oxygen atoms in total. The number of aromatic hydroxyl groups is 1. The quantitative estimate of drug-likeness (QED) is 0.526. The summed E-state index contributed by atoms with van der Waals surface area (Å²) in [7, 11) is 0. The number of anilines is 1. The number of fused-ring (bicyclic) bond motifs is 1. The number of hydrogen-bond donors (Lipinski definition) is 2. The number of rotatable bonds is 6. The van der Waals surface area contributed by atoms with Crippen molar-refractivity contribution in [2.75, 3.05) is 12.0 Å². The minimum Gasteiger partial charge on any atom is -0.504 e. The molecule has 26 heavy (non-hydrogen) atoms. The van der Waals surface area contributed by atoms with Gasteiger partial charge in [0.2, 0.25) is 5.95 Å². The van der Waals surface area contributed by atoms with Crippen molar-refractivity contribution in [1.82, 2.24) is 9.55 Å². The fourth-order valence-corrected chi connectivity index (χ4v) is 2.62.